The second-order valence-corrected chi connectivity index (χ2v) is 8.44. The Morgan fingerprint density at radius 2 is 2.12 bits per heavy atom. The lowest BCUT2D eigenvalue weighted by molar-refractivity contribution is -0.0220. The molecule has 0 aromatic heterocycles. The highest BCUT2D eigenvalue weighted by molar-refractivity contribution is 5.60. The Morgan fingerprint density at radius 1 is 1.24 bits per heavy atom. The van der Waals surface area contributed by atoms with Gasteiger partial charge in [-0.05, 0) is 81.5 Å². The maximum Gasteiger partial charge on any atom is 0.165 e. The molecule has 4 aliphatic rings. The predicted molar refractivity (Wildman–Crippen MR) is 95.2 cm³/mol. The number of ether oxygens (including phenoxy) is 2. The van der Waals surface area contributed by atoms with E-state index in [0.29, 0.717) is 12.3 Å². The van der Waals surface area contributed by atoms with E-state index in [-0.39, 0.29) is 11.5 Å². The molecule has 1 heterocycles. The predicted octanol–water partition coefficient (Wildman–Crippen LogP) is 3.78. The number of halogens is 1. The summed E-state index contributed by atoms with van der Waals surface area (Å²) in [5.41, 5.74) is 2.47. The third-order valence-electron chi connectivity index (χ3n) is 7.10. The van der Waals surface area contributed by atoms with E-state index in [4.69, 9.17) is 9.47 Å². The van der Waals surface area contributed by atoms with Crippen LogP contribution in [0.2, 0.25) is 0 Å². The minimum absolute atomic E-state index is 0.161. The van der Waals surface area contributed by atoms with E-state index in [9.17, 15) is 4.39 Å². The van der Waals surface area contributed by atoms with Crippen molar-refractivity contribution >= 4 is 0 Å². The van der Waals surface area contributed by atoms with Crippen LogP contribution in [0.5, 0.6) is 11.5 Å². The van der Waals surface area contributed by atoms with E-state index in [1.807, 2.05) is 6.07 Å². The summed E-state index contributed by atoms with van der Waals surface area (Å²) in [7, 11) is 1.68. The van der Waals surface area contributed by atoms with Crippen LogP contribution in [0.3, 0.4) is 0 Å². The second kappa shape index (κ2) is 5.87. The topological polar surface area (TPSA) is 30.5 Å². The molecule has 1 aromatic rings. The number of nitrogens with one attached hydrogen (secondary N) is 1. The summed E-state index contributed by atoms with van der Waals surface area (Å²) in [5, 5.41) is 3.63. The lowest BCUT2D eigenvalue weighted by Crippen LogP contribution is -2.55. The molecule has 0 bridgehead atoms. The largest absolute Gasteiger partial charge is 0.493 e. The molecule has 25 heavy (non-hydrogen) atoms. The molecule has 5 rings (SSSR count). The van der Waals surface area contributed by atoms with Gasteiger partial charge in [0.25, 0.3) is 0 Å². The smallest absolute Gasteiger partial charge is 0.165 e. The first-order chi connectivity index (χ1) is 12.2. The fourth-order valence-corrected chi connectivity index (χ4v) is 5.70. The van der Waals surface area contributed by atoms with Gasteiger partial charge in [0.05, 0.1) is 7.11 Å². The summed E-state index contributed by atoms with van der Waals surface area (Å²) < 4.78 is 26.8. The van der Waals surface area contributed by atoms with Crippen LogP contribution in [0.4, 0.5) is 4.39 Å². The second-order valence-electron chi connectivity index (χ2n) is 8.44. The Kier molecular flexibility index (Phi) is 3.74. The zero-order valence-electron chi connectivity index (χ0n) is 15.0. The van der Waals surface area contributed by atoms with Crippen LogP contribution in [0.15, 0.2) is 12.1 Å². The van der Waals surface area contributed by atoms with E-state index >= 15 is 0 Å². The Hall–Kier alpha value is -1.29. The molecule has 2 unspecified atom stereocenters. The third-order valence-corrected chi connectivity index (χ3v) is 7.10. The monoisotopic (exact) mass is 345 g/mol. The molecule has 0 amide bonds. The van der Waals surface area contributed by atoms with Crippen LogP contribution in [-0.4, -0.2) is 32.5 Å². The van der Waals surface area contributed by atoms with E-state index in [1.165, 1.54) is 24.0 Å². The number of alkyl halides is 1. The zero-order chi connectivity index (χ0) is 17.0. The molecule has 3 nitrogen and oxygen atoms in total. The van der Waals surface area contributed by atoms with Gasteiger partial charge in [-0.25, -0.2) is 4.39 Å². The highest BCUT2D eigenvalue weighted by Crippen LogP contribution is 2.62. The summed E-state index contributed by atoms with van der Waals surface area (Å²) in [6.07, 6.45) is 6.37. The van der Waals surface area contributed by atoms with Crippen LogP contribution in [0.1, 0.15) is 49.7 Å². The molecule has 0 saturated heterocycles. The van der Waals surface area contributed by atoms with Gasteiger partial charge in [0.1, 0.15) is 12.3 Å². The summed E-state index contributed by atoms with van der Waals surface area (Å²) in [6.45, 7) is 2.07. The quantitative estimate of drug-likeness (QED) is 0.796. The number of aryl methyl sites for hydroxylation is 1. The van der Waals surface area contributed by atoms with Crippen molar-refractivity contribution in [1.29, 1.82) is 0 Å². The van der Waals surface area contributed by atoms with Crippen molar-refractivity contribution in [3.8, 4) is 11.5 Å². The summed E-state index contributed by atoms with van der Waals surface area (Å²) in [6, 6.07) is 4.18. The SMILES string of the molecule is COc1ccc2c3c1O[C@@H]1C(F)CCC(CC2)[C@]31CCNCC1CC1. The van der Waals surface area contributed by atoms with Gasteiger partial charge in [-0.2, -0.15) is 0 Å². The molecular formula is C21H28FNO2. The van der Waals surface area contributed by atoms with Gasteiger partial charge in [0.2, 0.25) is 0 Å². The fourth-order valence-electron chi connectivity index (χ4n) is 5.70. The highest BCUT2D eigenvalue weighted by Gasteiger charge is 2.61. The number of benzene rings is 1. The van der Waals surface area contributed by atoms with Gasteiger partial charge in [-0.15, -0.1) is 0 Å². The van der Waals surface area contributed by atoms with E-state index in [2.05, 4.69) is 11.4 Å². The molecule has 2 saturated carbocycles. The Bertz CT molecular complexity index is 674. The van der Waals surface area contributed by atoms with Gasteiger partial charge in [0.15, 0.2) is 11.5 Å². The highest BCUT2D eigenvalue weighted by atomic mass is 19.1. The normalized spacial score (nSPS) is 35.2. The number of hydrogen-bond acceptors (Lipinski definition) is 3. The summed E-state index contributed by atoms with van der Waals surface area (Å²) in [5.74, 6) is 3.01. The number of rotatable bonds is 6. The van der Waals surface area contributed by atoms with Crippen molar-refractivity contribution in [2.24, 2.45) is 11.8 Å². The lowest BCUT2D eigenvalue weighted by Gasteiger charge is -2.49. The first kappa shape index (κ1) is 15.9. The van der Waals surface area contributed by atoms with Crippen LogP contribution < -0.4 is 14.8 Å². The maximum atomic E-state index is 15.0. The molecule has 136 valence electrons. The van der Waals surface area contributed by atoms with Gasteiger partial charge in [-0.1, -0.05) is 6.07 Å². The maximum absolute atomic E-state index is 15.0. The molecule has 1 aliphatic heterocycles. The zero-order valence-corrected chi connectivity index (χ0v) is 15.0. The number of hydrogen-bond donors (Lipinski definition) is 1. The number of methoxy groups -OCH3 is 1. The molecule has 1 aromatic carbocycles. The van der Waals surface area contributed by atoms with Crippen molar-refractivity contribution in [2.75, 3.05) is 20.2 Å². The van der Waals surface area contributed by atoms with Crippen molar-refractivity contribution in [3.05, 3.63) is 23.3 Å². The first-order valence-electron chi connectivity index (χ1n) is 9.96. The molecule has 0 spiro atoms. The van der Waals surface area contributed by atoms with Crippen molar-refractivity contribution in [2.45, 2.75) is 62.6 Å². The minimum Gasteiger partial charge on any atom is -0.493 e. The van der Waals surface area contributed by atoms with Crippen LogP contribution in [0.25, 0.3) is 0 Å². The summed E-state index contributed by atoms with van der Waals surface area (Å²) >= 11 is 0. The standard InChI is InChI=1S/C21H28FNO2/c1-24-17-9-5-14-4-6-15-7-8-16(22)20-21(15,18(14)19(17)25-20)10-11-23-12-13-2-3-13/h5,9,13,15-16,20,23H,2-4,6-8,10-12H2,1H3/t15?,16?,20-,21-/m1/s1. The van der Waals surface area contributed by atoms with Gasteiger partial charge in [-0.3, -0.25) is 0 Å². The minimum atomic E-state index is -0.872. The molecule has 4 atom stereocenters. The van der Waals surface area contributed by atoms with Gasteiger partial charge < -0.3 is 14.8 Å². The van der Waals surface area contributed by atoms with Crippen LogP contribution in [-0.2, 0) is 11.8 Å². The van der Waals surface area contributed by atoms with E-state index < -0.39 is 6.17 Å². The molecule has 3 aliphatic carbocycles. The molecular weight excluding hydrogens is 317 g/mol. The fraction of sp³-hybridized carbons (Fsp3) is 0.714. The Morgan fingerprint density at radius 3 is 2.92 bits per heavy atom. The van der Waals surface area contributed by atoms with Crippen molar-refractivity contribution in [3.63, 3.8) is 0 Å². The molecule has 2 fully saturated rings. The molecule has 0 radical (unpaired) electrons. The Labute approximate surface area is 149 Å². The van der Waals surface area contributed by atoms with Gasteiger partial charge >= 0.3 is 0 Å². The average molecular weight is 345 g/mol. The van der Waals surface area contributed by atoms with E-state index in [0.717, 1.165) is 56.2 Å². The average Bonchev–Trinajstić information content (AvgIpc) is 3.39. The molecule has 4 heteroatoms. The van der Waals surface area contributed by atoms with Crippen LogP contribution in [0, 0.1) is 11.8 Å². The van der Waals surface area contributed by atoms with Crippen molar-refractivity contribution in [1.82, 2.24) is 5.32 Å². The summed E-state index contributed by atoms with van der Waals surface area (Å²) in [4.78, 5) is 0. The van der Waals surface area contributed by atoms with Gasteiger partial charge in [0, 0.05) is 11.0 Å². The Balaban J connectivity index is 1.53. The van der Waals surface area contributed by atoms with Crippen molar-refractivity contribution < 1.29 is 13.9 Å². The first-order valence-corrected chi connectivity index (χ1v) is 9.96. The van der Waals surface area contributed by atoms with Crippen LogP contribution >= 0.6 is 0 Å². The van der Waals surface area contributed by atoms with E-state index in [1.54, 1.807) is 7.11 Å². The lowest BCUT2D eigenvalue weighted by atomic mass is 9.55. The molecule has 1 N–H and O–H groups in total. The third kappa shape index (κ3) is 2.33.